The minimum atomic E-state index is -0.981. The molecule has 0 aromatic heterocycles. The summed E-state index contributed by atoms with van der Waals surface area (Å²) in [6.07, 6.45) is 1.63. The van der Waals surface area contributed by atoms with Crippen molar-refractivity contribution in [3.05, 3.63) is 28.8 Å². The van der Waals surface area contributed by atoms with Gasteiger partial charge < -0.3 is 16.6 Å². The third kappa shape index (κ3) is 1.15. The highest BCUT2D eigenvalue weighted by atomic mass is 16.4. The predicted octanol–water partition coefficient (Wildman–Crippen LogP) is 0.913. The van der Waals surface area contributed by atoms with Crippen LogP contribution in [-0.4, -0.2) is 11.1 Å². The minimum absolute atomic E-state index is 0.00939. The molecule has 2 rings (SSSR count). The monoisotopic (exact) mass is 192 g/mol. The Morgan fingerprint density at radius 1 is 1.50 bits per heavy atom. The van der Waals surface area contributed by atoms with Gasteiger partial charge in [0.05, 0.1) is 5.56 Å². The zero-order chi connectivity index (χ0) is 10.3. The summed E-state index contributed by atoms with van der Waals surface area (Å²) >= 11 is 0. The van der Waals surface area contributed by atoms with Gasteiger partial charge in [0.25, 0.3) is 0 Å². The molecule has 0 amide bonds. The molecule has 1 aliphatic rings. The molecule has 0 spiro atoms. The van der Waals surface area contributed by atoms with Crippen LogP contribution in [0.4, 0.5) is 5.69 Å². The predicted molar refractivity (Wildman–Crippen MR) is 53.1 cm³/mol. The van der Waals surface area contributed by atoms with Crippen molar-refractivity contribution in [2.45, 2.75) is 18.9 Å². The summed E-state index contributed by atoms with van der Waals surface area (Å²) in [7, 11) is 0. The Bertz CT molecular complexity index is 401. The van der Waals surface area contributed by atoms with Crippen molar-refractivity contribution in [3.63, 3.8) is 0 Å². The van der Waals surface area contributed by atoms with Gasteiger partial charge >= 0.3 is 5.97 Å². The van der Waals surface area contributed by atoms with E-state index in [0.717, 1.165) is 24.0 Å². The third-order valence-electron chi connectivity index (χ3n) is 2.73. The lowest BCUT2D eigenvalue weighted by Crippen LogP contribution is -2.08. The zero-order valence-electron chi connectivity index (χ0n) is 7.66. The van der Waals surface area contributed by atoms with E-state index in [4.69, 9.17) is 16.6 Å². The molecule has 0 aliphatic heterocycles. The number of fused-ring (bicyclic) bond motifs is 1. The normalized spacial score (nSPS) is 19.4. The van der Waals surface area contributed by atoms with E-state index in [-0.39, 0.29) is 11.6 Å². The number of aromatic carboxylic acids is 1. The summed E-state index contributed by atoms with van der Waals surface area (Å²) < 4.78 is 0. The fraction of sp³-hybridized carbons (Fsp3) is 0.300. The first-order chi connectivity index (χ1) is 6.61. The van der Waals surface area contributed by atoms with Crippen molar-refractivity contribution >= 4 is 11.7 Å². The first-order valence-corrected chi connectivity index (χ1v) is 4.51. The molecule has 4 nitrogen and oxygen atoms in total. The number of rotatable bonds is 1. The molecule has 1 aromatic rings. The number of nitrogens with two attached hydrogens (primary N) is 2. The van der Waals surface area contributed by atoms with Crippen LogP contribution in [0.1, 0.15) is 33.9 Å². The standard InChI is InChI=1S/C10H12N2O2/c11-8-4-3-6-5(8)1-2-7(9(6)12)10(13)14/h1-2,8H,3-4,11-12H2,(H,13,14)/t8-/m0/s1. The number of benzene rings is 1. The zero-order valence-corrected chi connectivity index (χ0v) is 7.66. The van der Waals surface area contributed by atoms with Crippen LogP contribution >= 0.6 is 0 Å². The molecular weight excluding hydrogens is 180 g/mol. The van der Waals surface area contributed by atoms with Gasteiger partial charge in [-0.15, -0.1) is 0 Å². The highest BCUT2D eigenvalue weighted by Crippen LogP contribution is 2.34. The third-order valence-corrected chi connectivity index (χ3v) is 2.73. The van der Waals surface area contributed by atoms with Crippen LogP contribution in [0.2, 0.25) is 0 Å². The SMILES string of the molecule is Nc1c(C(=O)O)ccc2c1CC[C@@H]2N. The summed E-state index contributed by atoms with van der Waals surface area (Å²) in [6.45, 7) is 0. The van der Waals surface area contributed by atoms with Gasteiger partial charge in [0, 0.05) is 11.7 Å². The Balaban J connectivity index is 2.58. The number of anilines is 1. The highest BCUT2D eigenvalue weighted by molar-refractivity contribution is 5.94. The van der Waals surface area contributed by atoms with Crippen molar-refractivity contribution in [2.75, 3.05) is 5.73 Å². The summed E-state index contributed by atoms with van der Waals surface area (Å²) in [5.74, 6) is -0.981. The summed E-state index contributed by atoms with van der Waals surface area (Å²) in [5, 5.41) is 8.85. The van der Waals surface area contributed by atoms with Crippen molar-refractivity contribution in [1.29, 1.82) is 0 Å². The van der Waals surface area contributed by atoms with Gasteiger partial charge in [0.1, 0.15) is 0 Å². The number of carboxylic acid groups (broad SMARTS) is 1. The van der Waals surface area contributed by atoms with Gasteiger partial charge in [-0.05, 0) is 30.0 Å². The number of nitrogen functional groups attached to an aromatic ring is 1. The molecule has 0 heterocycles. The molecule has 4 heteroatoms. The number of hydrogen-bond acceptors (Lipinski definition) is 3. The first kappa shape index (κ1) is 9.02. The second-order valence-electron chi connectivity index (χ2n) is 3.54. The molecule has 74 valence electrons. The largest absolute Gasteiger partial charge is 0.478 e. The molecule has 0 fully saturated rings. The summed E-state index contributed by atoms with van der Waals surface area (Å²) in [5.41, 5.74) is 14.1. The molecule has 5 N–H and O–H groups in total. The molecule has 0 bridgehead atoms. The van der Waals surface area contributed by atoms with Gasteiger partial charge in [-0.1, -0.05) is 6.07 Å². The van der Waals surface area contributed by atoms with Crippen LogP contribution in [0.25, 0.3) is 0 Å². The number of hydrogen-bond donors (Lipinski definition) is 3. The quantitative estimate of drug-likeness (QED) is 0.577. The molecule has 0 radical (unpaired) electrons. The maximum absolute atomic E-state index is 10.8. The van der Waals surface area contributed by atoms with Crippen LogP contribution in [-0.2, 0) is 6.42 Å². The van der Waals surface area contributed by atoms with E-state index in [9.17, 15) is 4.79 Å². The first-order valence-electron chi connectivity index (χ1n) is 4.51. The smallest absolute Gasteiger partial charge is 0.337 e. The van der Waals surface area contributed by atoms with E-state index in [1.54, 1.807) is 6.07 Å². The van der Waals surface area contributed by atoms with E-state index >= 15 is 0 Å². The van der Waals surface area contributed by atoms with Gasteiger partial charge in [-0.2, -0.15) is 0 Å². The second-order valence-corrected chi connectivity index (χ2v) is 3.54. The van der Waals surface area contributed by atoms with E-state index in [1.807, 2.05) is 0 Å². The lowest BCUT2D eigenvalue weighted by Gasteiger charge is -2.08. The van der Waals surface area contributed by atoms with Crippen molar-refractivity contribution in [2.24, 2.45) is 5.73 Å². The molecular formula is C10H12N2O2. The molecule has 1 aliphatic carbocycles. The van der Waals surface area contributed by atoms with E-state index < -0.39 is 5.97 Å². The van der Waals surface area contributed by atoms with Crippen LogP contribution in [0.5, 0.6) is 0 Å². The maximum atomic E-state index is 10.8. The lowest BCUT2D eigenvalue weighted by atomic mass is 10.0. The van der Waals surface area contributed by atoms with Gasteiger partial charge in [-0.3, -0.25) is 0 Å². The summed E-state index contributed by atoms with van der Waals surface area (Å²) in [6, 6.07) is 3.31. The molecule has 1 atom stereocenters. The van der Waals surface area contributed by atoms with Gasteiger partial charge in [0.2, 0.25) is 0 Å². The average molecular weight is 192 g/mol. The van der Waals surface area contributed by atoms with E-state index in [1.165, 1.54) is 6.07 Å². The number of carboxylic acids is 1. The van der Waals surface area contributed by atoms with Crippen molar-refractivity contribution < 1.29 is 9.90 Å². The Kier molecular flexibility index (Phi) is 1.93. The molecule has 1 aromatic carbocycles. The van der Waals surface area contributed by atoms with E-state index in [2.05, 4.69) is 0 Å². The van der Waals surface area contributed by atoms with Gasteiger partial charge in [0.15, 0.2) is 0 Å². The average Bonchev–Trinajstić information content (AvgIpc) is 2.49. The molecule has 0 unspecified atom stereocenters. The van der Waals surface area contributed by atoms with E-state index in [0.29, 0.717) is 5.69 Å². The van der Waals surface area contributed by atoms with Crippen LogP contribution < -0.4 is 11.5 Å². The van der Waals surface area contributed by atoms with Crippen molar-refractivity contribution in [3.8, 4) is 0 Å². The van der Waals surface area contributed by atoms with Crippen molar-refractivity contribution in [1.82, 2.24) is 0 Å². The topological polar surface area (TPSA) is 89.3 Å². The van der Waals surface area contributed by atoms with Crippen LogP contribution in [0.3, 0.4) is 0 Å². The molecule has 0 saturated heterocycles. The molecule has 0 saturated carbocycles. The highest BCUT2D eigenvalue weighted by Gasteiger charge is 2.23. The minimum Gasteiger partial charge on any atom is -0.478 e. The Labute approximate surface area is 81.5 Å². The Hall–Kier alpha value is -1.55. The fourth-order valence-corrected chi connectivity index (χ4v) is 1.95. The lowest BCUT2D eigenvalue weighted by molar-refractivity contribution is 0.0698. The second kappa shape index (κ2) is 2.99. The fourth-order valence-electron chi connectivity index (χ4n) is 1.95. The van der Waals surface area contributed by atoms with Gasteiger partial charge in [-0.25, -0.2) is 4.79 Å². The molecule has 14 heavy (non-hydrogen) atoms. The summed E-state index contributed by atoms with van der Waals surface area (Å²) in [4.78, 5) is 10.8. The van der Waals surface area contributed by atoms with Crippen LogP contribution in [0, 0.1) is 0 Å². The van der Waals surface area contributed by atoms with Crippen LogP contribution in [0.15, 0.2) is 12.1 Å². The Morgan fingerprint density at radius 2 is 2.21 bits per heavy atom. The maximum Gasteiger partial charge on any atom is 0.337 e. The Morgan fingerprint density at radius 3 is 2.86 bits per heavy atom. The number of carbonyl (C=O) groups is 1.